The normalized spacial score (nSPS) is 15.8. The van der Waals surface area contributed by atoms with Crippen LogP contribution in [0.25, 0.3) is 32.4 Å². The minimum absolute atomic E-state index is 0.0583. The van der Waals surface area contributed by atoms with Gasteiger partial charge in [-0.25, -0.2) is 38.9 Å². The number of hydrogen-bond acceptors (Lipinski definition) is 16. The Morgan fingerprint density at radius 3 is 1.57 bits per heavy atom. The first-order valence-corrected chi connectivity index (χ1v) is 23.8. The lowest BCUT2D eigenvalue weighted by Gasteiger charge is -2.34. The molecule has 2 aliphatic heterocycles. The van der Waals surface area contributed by atoms with Crippen molar-refractivity contribution in [3.8, 4) is 32.9 Å². The second-order valence-corrected chi connectivity index (χ2v) is 18.4. The van der Waals surface area contributed by atoms with Crippen LogP contribution in [0, 0.1) is 11.8 Å². The molecule has 8 aromatic rings. The monoisotopic (exact) mass is 916 g/mol. The van der Waals surface area contributed by atoms with E-state index in [1.165, 1.54) is 33.3 Å². The first kappa shape index (κ1) is 43.7. The van der Waals surface area contributed by atoms with Gasteiger partial charge in [0.15, 0.2) is 0 Å². The van der Waals surface area contributed by atoms with Gasteiger partial charge in [0.2, 0.25) is 27.4 Å². The van der Waals surface area contributed by atoms with Crippen LogP contribution in [0.3, 0.4) is 0 Å². The van der Waals surface area contributed by atoms with Gasteiger partial charge in [-0.05, 0) is 110 Å². The average Bonchev–Trinajstić information content (AvgIpc) is 4.11. The first-order chi connectivity index (χ1) is 31.6. The molecule has 0 radical (unpaired) electrons. The number of fused-ring (bicyclic) bond motifs is 2. The second-order valence-electron chi connectivity index (χ2n) is 16.5. The average molecular weight is 917 g/mol. The second kappa shape index (κ2) is 19.3. The Bertz CT molecular complexity index is 2900. The molecule has 0 saturated carbocycles. The van der Waals surface area contributed by atoms with Crippen molar-refractivity contribution >= 4 is 44.5 Å². The molecular weight excluding hydrogens is 865 g/mol. The van der Waals surface area contributed by atoms with Crippen LogP contribution >= 0.6 is 22.7 Å². The number of aryl methyl sites for hydroxylation is 3. The van der Waals surface area contributed by atoms with Gasteiger partial charge in [-0.15, -0.1) is 10.2 Å². The highest BCUT2D eigenvalue weighted by atomic mass is 32.1. The molecule has 2 saturated heterocycles. The van der Waals surface area contributed by atoms with E-state index < -0.39 is 0 Å². The van der Waals surface area contributed by atoms with Crippen molar-refractivity contribution in [3.63, 3.8) is 0 Å². The van der Waals surface area contributed by atoms with E-state index in [9.17, 15) is 9.59 Å². The molecule has 20 heteroatoms. The van der Waals surface area contributed by atoms with Gasteiger partial charge in [-0.1, -0.05) is 13.8 Å². The van der Waals surface area contributed by atoms with Crippen LogP contribution in [-0.4, -0.2) is 97.1 Å². The zero-order chi connectivity index (χ0) is 45.0. The predicted octanol–water partition coefficient (Wildman–Crippen LogP) is 6.38. The molecule has 0 aliphatic carbocycles. The molecule has 1 N–H and O–H groups in total. The molecule has 0 unspecified atom stereocenters. The Morgan fingerprint density at radius 1 is 0.692 bits per heavy atom. The largest absolute Gasteiger partial charge is 0.466 e. The molecule has 8 aromatic heterocycles. The van der Waals surface area contributed by atoms with E-state index in [1.807, 2.05) is 49.3 Å². The van der Waals surface area contributed by atoms with E-state index in [2.05, 4.69) is 82.6 Å². The lowest BCUT2D eigenvalue weighted by molar-refractivity contribution is 0.131. The maximum Gasteiger partial charge on any atom is 0.294 e. The number of hydrogen-bond donors (Lipinski definition) is 1. The van der Waals surface area contributed by atoms with Crippen LogP contribution in [-0.2, 0) is 19.9 Å². The van der Waals surface area contributed by atoms with Crippen molar-refractivity contribution < 1.29 is 9.47 Å². The number of aromatic amines is 1. The van der Waals surface area contributed by atoms with Gasteiger partial charge < -0.3 is 28.8 Å². The van der Waals surface area contributed by atoms with E-state index >= 15 is 0 Å². The molecule has 65 heavy (non-hydrogen) atoms. The molecule has 10 heterocycles. The Labute approximate surface area is 383 Å². The summed E-state index contributed by atoms with van der Waals surface area (Å²) >= 11 is 2.83. The van der Waals surface area contributed by atoms with E-state index in [1.54, 1.807) is 34.5 Å². The summed E-state index contributed by atoms with van der Waals surface area (Å²) in [6.07, 6.45) is 20.8. The summed E-state index contributed by atoms with van der Waals surface area (Å²) < 4.78 is 17.3. The smallest absolute Gasteiger partial charge is 0.294 e. The van der Waals surface area contributed by atoms with Gasteiger partial charge in [-0.2, -0.15) is 0 Å². The summed E-state index contributed by atoms with van der Waals surface area (Å²) in [5.74, 6) is 2.52. The summed E-state index contributed by atoms with van der Waals surface area (Å²) in [6.45, 7) is 12.1. The molecule has 2 atom stereocenters. The molecule has 2 aliphatic rings. The maximum absolute atomic E-state index is 11.9. The molecule has 10 rings (SSSR count). The third kappa shape index (κ3) is 10.1. The fourth-order valence-corrected chi connectivity index (χ4v) is 9.72. The number of rotatable bonds is 12. The summed E-state index contributed by atoms with van der Waals surface area (Å²) in [6, 6.07) is 6.81. The maximum atomic E-state index is 11.9. The van der Waals surface area contributed by atoms with Crippen molar-refractivity contribution in [2.45, 2.75) is 78.4 Å². The number of H-pyrrole nitrogens is 1. The molecule has 338 valence electrons. The number of nitrogens with zero attached hydrogens (tertiary/aromatic N) is 13. The Morgan fingerprint density at radius 2 is 1.15 bits per heavy atom. The Kier molecular flexibility index (Phi) is 13.0. The van der Waals surface area contributed by atoms with Crippen LogP contribution in [0.4, 0.5) is 11.9 Å². The van der Waals surface area contributed by atoms with Gasteiger partial charge in [0.1, 0.15) is 12.2 Å². The van der Waals surface area contributed by atoms with Gasteiger partial charge in [-0.3, -0.25) is 9.59 Å². The number of imidazole rings is 2. The number of piperidine rings is 2. The van der Waals surface area contributed by atoms with Crippen LogP contribution in [0.5, 0.6) is 10.4 Å². The number of pyridine rings is 2. The number of nitrogens with one attached hydrogen (secondary N) is 1. The summed E-state index contributed by atoms with van der Waals surface area (Å²) in [7, 11) is 1.73. The SMILES string of the molecule is CCc1cnc(N2CCC([C@@H](C)Oc3nn4cc(-c5cc[nH]c(=O)c5)nc4s3)CC2)nc1.CCc1cnc(N2CCC([C@@H](C)Oc3nn4cc(-c5ccn(C)c(=O)c5)nc4s3)CC2)nc1. The molecule has 18 nitrogen and oxygen atoms in total. The van der Waals surface area contributed by atoms with Crippen molar-refractivity contribution in [2.24, 2.45) is 18.9 Å². The van der Waals surface area contributed by atoms with E-state index in [0.717, 1.165) is 120 Å². The van der Waals surface area contributed by atoms with Gasteiger partial charge >= 0.3 is 0 Å². The third-order valence-corrected chi connectivity index (χ3v) is 13.9. The molecule has 0 amide bonds. The Hall–Kier alpha value is -6.54. The highest BCUT2D eigenvalue weighted by Gasteiger charge is 2.29. The lowest BCUT2D eigenvalue weighted by Crippen LogP contribution is -2.39. The summed E-state index contributed by atoms with van der Waals surface area (Å²) in [4.78, 5) is 59.3. The summed E-state index contributed by atoms with van der Waals surface area (Å²) in [5.41, 5.74) is 5.10. The standard InChI is InChI=1S/C23H27N7O2S.C22H25N7O2S/c1-4-16-12-24-21(25-13-16)29-9-6-17(7-10-29)15(2)32-23-27-30-14-19(26-22(30)33-23)18-5-8-28(3)20(31)11-18;1-3-15-11-24-20(25-12-15)28-8-5-16(6-9-28)14(2)31-22-27-29-13-18(26-21(29)32-22)17-4-7-23-19(30)10-17/h5,8,11-15,17H,4,6-7,9-10H2,1-3H3;4,7,10-14,16H,3,5-6,8-9H2,1-2H3,(H,23,30)/t15-;14-/m11/s1. The fraction of sp³-hybridized carbons (Fsp3) is 0.422. The van der Waals surface area contributed by atoms with Gasteiger partial charge in [0.25, 0.3) is 15.9 Å². The predicted molar refractivity (Wildman–Crippen MR) is 251 cm³/mol. The van der Waals surface area contributed by atoms with Crippen LogP contribution in [0.2, 0.25) is 0 Å². The highest BCUT2D eigenvalue weighted by molar-refractivity contribution is 7.18. The highest BCUT2D eigenvalue weighted by Crippen LogP contribution is 2.32. The van der Waals surface area contributed by atoms with Crippen molar-refractivity contribution in [1.82, 2.24) is 58.7 Å². The van der Waals surface area contributed by atoms with Crippen molar-refractivity contribution in [2.75, 3.05) is 36.0 Å². The first-order valence-electron chi connectivity index (χ1n) is 22.1. The minimum Gasteiger partial charge on any atom is -0.466 e. The lowest BCUT2D eigenvalue weighted by atomic mass is 9.92. The fourth-order valence-electron chi connectivity index (χ4n) is 8.08. The molecule has 0 bridgehead atoms. The molecular formula is C45H52N14O4S2. The number of anilines is 2. The summed E-state index contributed by atoms with van der Waals surface area (Å²) in [5, 5.41) is 10.3. The van der Waals surface area contributed by atoms with Gasteiger partial charge in [0, 0.05) is 93.7 Å². The zero-order valence-electron chi connectivity index (χ0n) is 37.1. The minimum atomic E-state index is -0.153. The zero-order valence-corrected chi connectivity index (χ0v) is 38.7. The van der Waals surface area contributed by atoms with Gasteiger partial charge in [0.05, 0.1) is 23.8 Å². The number of aromatic nitrogens is 12. The molecule has 0 aromatic carbocycles. The van der Waals surface area contributed by atoms with E-state index in [4.69, 9.17) is 9.47 Å². The van der Waals surface area contributed by atoms with Crippen LogP contribution in [0.1, 0.15) is 64.5 Å². The van der Waals surface area contributed by atoms with E-state index in [-0.39, 0.29) is 23.3 Å². The number of ether oxygens (including phenoxy) is 2. The third-order valence-electron chi connectivity index (χ3n) is 12.3. The van der Waals surface area contributed by atoms with Crippen molar-refractivity contribution in [1.29, 1.82) is 0 Å². The van der Waals surface area contributed by atoms with Crippen LogP contribution in [0.15, 0.2) is 83.4 Å². The van der Waals surface area contributed by atoms with Crippen LogP contribution < -0.4 is 30.4 Å². The quantitative estimate of drug-likeness (QED) is 0.142. The van der Waals surface area contributed by atoms with Crippen molar-refractivity contribution in [3.05, 3.63) is 106 Å². The topological polar surface area (TPSA) is 192 Å². The van der Waals surface area contributed by atoms with E-state index in [0.29, 0.717) is 22.2 Å². The Balaban J connectivity index is 0.000000164. The molecule has 0 spiro atoms. The molecule has 2 fully saturated rings.